The molecule has 2 aliphatic rings. The van der Waals surface area contributed by atoms with Crippen molar-refractivity contribution >= 4 is 28.7 Å². The van der Waals surface area contributed by atoms with E-state index in [9.17, 15) is 14.4 Å². The molecular weight excluding hydrogens is 432 g/mol. The number of H-pyrrole nitrogens is 1. The number of urea groups is 1. The summed E-state index contributed by atoms with van der Waals surface area (Å²) in [4.78, 5) is 42.7. The maximum atomic E-state index is 12.8. The summed E-state index contributed by atoms with van der Waals surface area (Å²) in [5.74, 6) is 0.151. The Morgan fingerprint density at radius 1 is 1.15 bits per heavy atom. The van der Waals surface area contributed by atoms with Gasteiger partial charge in [0, 0.05) is 23.1 Å². The van der Waals surface area contributed by atoms with E-state index >= 15 is 0 Å². The molecule has 2 heterocycles. The van der Waals surface area contributed by atoms with Gasteiger partial charge in [0.15, 0.2) is 0 Å². The van der Waals surface area contributed by atoms with Crippen molar-refractivity contribution in [3.8, 4) is 5.75 Å². The summed E-state index contributed by atoms with van der Waals surface area (Å²) in [6.07, 6.45) is 3.26. The number of fused-ring (bicyclic) bond motifs is 3. The molecule has 1 saturated heterocycles. The lowest BCUT2D eigenvalue weighted by Crippen LogP contribution is -2.38. The zero-order chi connectivity index (χ0) is 23.7. The first-order valence-corrected chi connectivity index (χ1v) is 11.7. The fourth-order valence-electron chi connectivity index (χ4n) is 4.96. The molecular formula is C26H28N4O4. The van der Waals surface area contributed by atoms with E-state index in [1.54, 1.807) is 7.11 Å². The van der Waals surface area contributed by atoms with Crippen molar-refractivity contribution in [2.75, 3.05) is 13.7 Å². The van der Waals surface area contributed by atoms with Crippen molar-refractivity contribution < 1.29 is 19.1 Å². The second kappa shape index (κ2) is 9.21. The minimum atomic E-state index is -0.839. The Balaban J connectivity index is 1.19. The Morgan fingerprint density at radius 2 is 1.94 bits per heavy atom. The van der Waals surface area contributed by atoms with Crippen LogP contribution in [0.4, 0.5) is 4.79 Å². The molecule has 0 radical (unpaired) electrons. The summed E-state index contributed by atoms with van der Waals surface area (Å²) >= 11 is 0. The third kappa shape index (κ3) is 4.23. The molecule has 8 heteroatoms. The average Bonchev–Trinajstić information content (AvgIpc) is 3.35. The maximum Gasteiger partial charge on any atom is 0.324 e. The molecule has 2 atom stereocenters. The number of nitrogens with zero attached hydrogens (tertiary/aromatic N) is 1. The SMILES string of the molecule is COc1ccc(CCN2C(=O)NC(CC(=O)NC3CCCc4c3[nH]c3ccccc43)C2=O)cc1. The van der Waals surface area contributed by atoms with E-state index in [2.05, 4.69) is 21.7 Å². The number of rotatable bonds is 7. The molecule has 1 aromatic heterocycles. The summed E-state index contributed by atoms with van der Waals surface area (Å²) in [5, 5.41) is 6.94. The number of hydrogen-bond donors (Lipinski definition) is 3. The average molecular weight is 461 g/mol. The molecule has 3 N–H and O–H groups in total. The van der Waals surface area contributed by atoms with E-state index in [-0.39, 0.29) is 30.8 Å². The van der Waals surface area contributed by atoms with Crippen molar-refractivity contribution in [2.24, 2.45) is 0 Å². The summed E-state index contributed by atoms with van der Waals surface area (Å²) in [6.45, 7) is 0.260. The van der Waals surface area contributed by atoms with Gasteiger partial charge in [0.1, 0.15) is 11.8 Å². The van der Waals surface area contributed by atoms with Gasteiger partial charge in [-0.2, -0.15) is 0 Å². The van der Waals surface area contributed by atoms with Crippen LogP contribution in [0.3, 0.4) is 0 Å². The predicted molar refractivity (Wildman–Crippen MR) is 127 cm³/mol. The van der Waals surface area contributed by atoms with Crippen LogP contribution in [0.25, 0.3) is 10.9 Å². The molecule has 4 amide bonds. The first-order valence-electron chi connectivity index (χ1n) is 11.7. The highest BCUT2D eigenvalue weighted by molar-refractivity contribution is 6.05. The summed E-state index contributed by atoms with van der Waals surface area (Å²) < 4.78 is 5.15. The number of benzene rings is 2. The van der Waals surface area contributed by atoms with Gasteiger partial charge in [-0.25, -0.2) is 4.79 Å². The van der Waals surface area contributed by atoms with Crippen LogP contribution in [0.2, 0.25) is 0 Å². The fraction of sp³-hybridized carbons (Fsp3) is 0.346. The lowest BCUT2D eigenvalue weighted by Gasteiger charge is -2.24. The van der Waals surface area contributed by atoms with Crippen molar-refractivity contribution in [2.45, 2.75) is 44.2 Å². The minimum Gasteiger partial charge on any atom is -0.497 e. The standard InChI is InChI=1S/C26H28N4O4/c1-34-17-11-9-16(10-12-17)13-14-30-25(32)22(29-26(30)33)15-23(31)27-21-8-4-6-19-18-5-2-3-7-20(18)28-24(19)21/h2-3,5,7,9-12,21-22,28H,4,6,8,13-15H2,1H3,(H,27,31)(H,29,33). The van der Waals surface area contributed by atoms with Gasteiger partial charge in [-0.15, -0.1) is 0 Å². The predicted octanol–water partition coefficient (Wildman–Crippen LogP) is 3.22. The van der Waals surface area contributed by atoms with Crippen LogP contribution in [0.1, 0.15) is 42.1 Å². The molecule has 5 rings (SSSR count). The lowest BCUT2D eigenvalue weighted by atomic mass is 9.91. The van der Waals surface area contributed by atoms with Crippen molar-refractivity contribution in [1.82, 2.24) is 20.5 Å². The van der Waals surface area contributed by atoms with Crippen LogP contribution in [0, 0.1) is 0 Å². The molecule has 2 aromatic carbocycles. The number of carbonyl (C=O) groups excluding carboxylic acids is 3. The zero-order valence-electron chi connectivity index (χ0n) is 19.1. The molecule has 1 fully saturated rings. The maximum absolute atomic E-state index is 12.8. The third-order valence-electron chi connectivity index (χ3n) is 6.73. The first-order chi connectivity index (χ1) is 16.5. The van der Waals surface area contributed by atoms with E-state index in [1.807, 2.05) is 42.5 Å². The van der Waals surface area contributed by atoms with Gasteiger partial charge in [0.25, 0.3) is 5.91 Å². The van der Waals surface area contributed by atoms with Crippen LogP contribution in [0.5, 0.6) is 5.75 Å². The second-order valence-electron chi connectivity index (χ2n) is 8.87. The van der Waals surface area contributed by atoms with Crippen LogP contribution in [0.15, 0.2) is 48.5 Å². The number of methoxy groups -OCH3 is 1. The molecule has 1 aliphatic carbocycles. The van der Waals surface area contributed by atoms with Gasteiger partial charge in [0.05, 0.1) is 19.6 Å². The molecule has 3 aromatic rings. The van der Waals surface area contributed by atoms with Gasteiger partial charge >= 0.3 is 6.03 Å². The van der Waals surface area contributed by atoms with E-state index in [0.29, 0.717) is 6.42 Å². The molecule has 34 heavy (non-hydrogen) atoms. The van der Waals surface area contributed by atoms with Gasteiger partial charge in [0.2, 0.25) is 5.91 Å². The second-order valence-corrected chi connectivity index (χ2v) is 8.87. The summed E-state index contributed by atoms with van der Waals surface area (Å²) in [7, 11) is 1.60. The summed E-state index contributed by atoms with van der Waals surface area (Å²) in [6, 6.07) is 14.2. The van der Waals surface area contributed by atoms with Crippen LogP contribution < -0.4 is 15.4 Å². The van der Waals surface area contributed by atoms with Crippen LogP contribution in [-0.2, 0) is 22.4 Å². The fourth-order valence-corrected chi connectivity index (χ4v) is 4.96. The number of aryl methyl sites for hydroxylation is 1. The Kier molecular flexibility index (Phi) is 5.96. The highest BCUT2D eigenvalue weighted by atomic mass is 16.5. The zero-order valence-corrected chi connectivity index (χ0v) is 19.1. The molecule has 0 saturated carbocycles. The van der Waals surface area contributed by atoms with E-state index in [1.165, 1.54) is 15.8 Å². The normalized spacial score (nSPS) is 19.7. The Morgan fingerprint density at radius 3 is 2.74 bits per heavy atom. The number of aromatic nitrogens is 1. The van der Waals surface area contributed by atoms with E-state index < -0.39 is 12.1 Å². The van der Waals surface area contributed by atoms with Crippen molar-refractivity contribution in [1.29, 1.82) is 0 Å². The Labute approximate surface area is 197 Å². The third-order valence-corrected chi connectivity index (χ3v) is 6.73. The smallest absolute Gasteiger partial charge is 0.324 e. The number of nitrogens with one attached hydrogen (secondary N) is 3. The highest BCUT2D eigenvalue weighted by Crippen LogP contribution is 2.34. The monoisotopic (exact) mass is 460 g/mol. The van der Waals surface area contributed by atoms with Gasteiger partial charge < -0.3 is 20.4 Å². The van der Waals surface area contributed by atoms with Gasteiger partial charge in [-0.3, -0.25) is 14.5 Å². The van der Waals surface area contributed by atoms with Crippen molar-refractivity contribution in [3.63, 3.8) is 0 Å². The van der Waals surface area contributed by atoms with E-state index in [4.69, 9.17) is 4.74 Å². The number of amides is 4. The highest BCUT2D eigenvalue weighted by Gasteiger charge is 2.39. The lowest BCUT2D eigenvalue weighted by molar-refractivity contribution is -0.131. The largest absolute Gasteiger partial charge is 0.497 e. The van der Waals surface area contributed by atoms with Gasteiger partial charge in [-0.05, 0) is 55.0 Å². The minimum absolute atomic E-state index is 0.0737. The number of imide groups is 1. The number of para-hydroxylation sites is 1. The molecule has 0 spiro atoms. The van der Waals surface area contributed by atoms with Crippen molar-refractivity contribution in [3.05, 3.63) is 65.4 Å². The molecule has 1 aliphatic heterocycles. The Bertz CT molecular complexity index is 1230. The molecule has 8 nitrogen and oxygen atoms in total. The van der Waals surface area contributed by atoms with Gasteiger partial charge in [-0.1, -0.05) is 30.3 Å². The van der Waals surface area contributed by atoms with Crippen LogP contribution >= 0.6 is 0 Å². The number of ether oxygens (including phenoxy) is 1. The quantitative estimate of drug-likeness (QED) is 0.471. The molecule has 176 valence electrons. The number of hydrogen-bond acceptors (Lipinski definition) is 4. The molecule has 0 bridgehead atoms. The van der Waals surface area contributed by atoms with E-state index in [0.717, 1.165) is 41.8 Å². The molecule has 2 unspecified atom stereocenters. The van der Waals surface area contributed by atoms with Crippen LogP contribution in [-0.4, -0.2) is 47.4 Å². The topological polar surface area (TPSA) is 104 Å². The summed E-state index contributed by atoms with van der Waals surface area (Å²) in [5.41, 5.74) is 4.36. The Hall–Kier alpha value is -3.81. The number of carbonyl (C=O) groups is 3. The number of aromatic amines is 1. The first kappa shape index (κ1) is 22.0.